The standard InChI is InChI=1S/C13H15N3O/c1-9-7-12(14)16-13(15-9)8-10-5-3-4-6-11(10)17-2/h3-7H,8H2,1-2H3,(H2,14,15,16). The van der Waals surface area contributed by atoms with Crippen molar-refractivity contribution in [2.75, 3.05) is 12.8 Å². The Bertz CT molecular complexity index is 506. The minimum atomic E-state index is 0.502. The lowest BCUT2D eigenvalue weighted by molar-refractivity contribution is 0.410. The van der Waals surface area contributed by atoms with E-state index < -0.39 is 0 Å². The monoisotopic (exact) mass is 229 g/mol. The molecule has 0 aliphatic heterocycles. The number of methoxy groups -OCH3 is 1. The van der Waals surface area contributed by atoms with Gasteiger partial charge in [-0.2, -0.15) is 0 Å². The van der Waals surface area contributed by atoms with Gasteiger partial charge in [-0.05, 0) is 13.0 Å². The van der Waals surface area contributed by atoms with Gasteiger partial charge in [0.05, 0.1) is 7.11 Å². The maximum absolute atomic E-state index is 5.70. The Kier molecular flexibility index (Phi) is 3.23. The molecule has 0 amide bonds. The molecule has 17 heavy (non-hydrogen) atoms. The number of para-hydroxylation sites is 1. The van der Waals surface area contributed by atoms with Crippen molar-refractivity contribution in [1.82, 2.24) is 9.97 Å². The highest BCUT2D eigenvalue weighted by Crippen LogP contribution is 2.19. The molecule has 4 nitrogen and oxygen atoms in total. The molecule has 0 fully saturated rings. The van der Waals surface area contributed by atoms with Crippen molar-refractivity contribution in [2.45, 2.75) is 13.3 Å². The van der Waals surface area contributed by atoms with Crippen LogP contribution in [0, 0.1) is 6.92 Å². The zero-order chi connectivity index (χ0) is 12.3. The summed E-state index contributed by atoms with van der Waals surface area (Å²) in [6, 6.07) is 9.59. The van der Waals surface area contributed by atoms with E-state index in [1.54, 1.807) is 13.2 Å². The van der Waals surface area contributed by atoms with Crippen LogP contribution in [0.1, 0.15) is 17.1 Å². The molecule has 2 rings (SSSR count). The van der Waals surface area contributed by atoms with E-state index in [2.05, 4.69) is 9.97 Å². The Morgan fingerprint density at radius 2 is 2.00 bits per heavy atom. The van der Waals surface area contributed by atoms with Crippen LogP contribution in [0.4, 0.5) is 5.82 Å². The van der Waals surface area contributed by atoms with Gasteiger partial charge in [-0.25, -0.2) is 9.97 Å². The first-order chi connectivity index (χ1) is 8.19. The van der Waals surface area contributed by atoms with Crippen molar-refractivity contribution in [3.8, 4) is 5.75 Å². The van der Waals surface area contributed by atoms with Gasteiger partial charge in [-0.15, -0.1) is 0 Å². The number of hydrogen-bond acceptors (Lipinski definition) is 4. The summed E-state index contributed by atoms with van der Waals surface area (Å²) in [6.45, 7) is 1.91. The summed E-state index contributed by atoms with van der Waals surface area (Å²) in [5.74, 6) is 2.06. The van der Waals surface area contributed by atoms with Crippen molar-refractivity contribution in [3.05, 3.63) is 47.4 Å². The molecule has 0 unspecified atom stereocenters. The summed E-state index contributed by atoms with van der Waals surface area (Å²) in [4.78, 5) is 8.57. The third-order valence-electron chi connectivity index (χ3n) is 2.46. The lowest BCUT2D eigenvalue weighted by Gasteiger charge is -2.08. The van der Waals surface area contributed by atoms with Crippen LogP contribution in [0.3, 0.4) is 0 Å². The molecule has 0 radical (unpaired) electrons. The molecule has 0 atom stereocenters. The average molecular weight is 229 g/mol. The molecule has 0 aliphatic rings. The first-order valence-electron chi connectivity index (χ1n) is 5.41. The molecular formula is C13H15N3O. The van der Waals surface area contributed by atoms with E-state index in [1.807, 2.05) is 31.2 Å². The Hall–Kier alpha value is -2.10. The SMILES string of the molecule is COc1ccccc1Cc1nc(C)cc(N)n1. The number of anilines is 1. The number of aromatic nitrogens is 2. The van der Waals surface area contributed by atoms with Gasteiger partial charge >= 0.3 is 0 Å². The Morgan fingerprint density at radius 1 is 1.24 bits per heavy atom. The molecule has 0 saturated heterocycles. The second-order valence-corrected chi connectivity index (χ2v) is 3.84. The lowest BCUT2D eigenvalue weighted by Crippen LogP contribution is -2.03. The van der Waals surface area contributed by atoms with E-state index in [0.717, 1.165) is 17.0 Å². The molecule has 2 N–H and O–H groups in total. The van der Waals surface area contributed by atoms with Crippen LogP contribution in [0.25, 0.3) is 0 Å². The fourth-order valence-corrected chi connectivity index (χ4v) is 1.75. The minimum Gasteiger partial charge on any atom is -0.496 e. The second kappa shape index (κ2) is 4.82. The summed E-state index contributed by atoms with van der Waals surface area (Å²) in [7, 11) is 1.66. The Labute approximate surface area is 100 Å². The largest absolute Gasteiger partial charge is 0.496 e. The highest BCUT2D eigenvalue weighted by Gasteiger charge is 2.06. The smallest absolute Gasteiger partial charge is 0.135 e. The molecule has 0 spiro atoms. The Balaban J connectivity index is 2.31. The first kappa shape index (κ1) is 11.4. The number of nitrogens with zero attached hydrogens (tertiary/aromatic N) is 2. The number of rotatable bonds is 3. The van der Waals surface area contributed by atoms with Crippen LogP contribution in [0.2, 0.25) is 0 Å². The van der Waals surface area contributed by atoms with Crippen molar-refractivity contribution in [2.24, 2.45) is 0 Å². The van der Waals surface area contributed by atoms with Gasteiger partial charge in [0.1, 0.15) is 17.4 Å². The number of ether oxygens (including phenoxy) is 1. The molecule has 88 valence electrons. The summed E-state index contributed by atoms with van der Waals surface area (Å²) < 4.78 is 5.29. The maximum Gasteiger partial charge on any atom is 0.135 e. The summed E-state index contributed by atoms with van der Waals surface area (Å²) in [5, 5.41) is 0. The minimum absolute atomic E-state index is 0.502. The normalized spacial score (nSPS) is 10.2. The van der Waals surface area contributed by atoms with Gasteiger partial charge in [0, 0.05) is 23.7 Å². The van der Waals surface area contributed by atoms with E-state index in [1.165, 1.54) is 0 Å². The van der Waals surface area contributed by atoms with E-state index in [9.17, 15) is 0 Å². The molecule has 0 aliphatic carbocycles. The van der Waals surface area contributed by atoms with Gasteiger partial charge < -0.3 is 10.5 Å². The highest BCUT2D eigenvalue weighted by atomic mass is 16.5. The molecular weight excluding hydrogens is 214 g/mol. The van der Waals surface area contributed by atoms with Gasteiger partial charge in [0.25, 0.3) is 0 Å². The van der Waals surface area contributed by atoms with Gasteiger partial charge in [0.15, 0.2) is 0 Å². The van der Waals surface area contributed by atoms with E-state index >= 15 is 0 Å². The number of benzene rings is 1. The topological polar surface area (TPSA) is 61.0 Å². The van der Waals surface area contributed by atoms with Crippen molar-refractivity contribution >= 4 is 5.82 Å². The molecule has 1 heterocycles. The number of hydrogen-bond donors (Lipinski definition) is 1. The lowest BCUT2D eigenvalue weighted by atomic mass is 10.1. The van der Waals surface area contributed by atoms with Gasteiger partial charge in [-0.3, -0.25) is 0 Å². The predicted molar refractivity (Wildman–Crippen MR) is 67.0 cm³/mol. The predicted octanol–water partition coefficient (Wildman–Crippen LogP) is 1.97. The third kappa shape index (κ3) is 2.72. The molecule has 2 aromatic rings. The van der Waals surface area contributed by atoms with Crippen LogP contribution in [0.5, 0.6) is 5.75 Å². The van der Waals surface area contributed by atoms with Crippen molar-refractivity contribution in [1.29, 1.82) is 0 Å². The summed E-state index contributed by atoms with van der Waals surface area (Å²) >= 11 is 0. The number of nitrogens with two attached hydrogens (primary N) is 1. The molecule has 1 aromatic carbocycles. The van der Waals surface area contributed by atoms with Crippen LogP contribution in [-0.4, -0.2) is 17.1 Å². The van der Waals surface area contributed by atoms with Crippen molar-refractivity contribution in [3.63, 3.8) is 0 Å². The number of aryl methyl sites for hydroxylation is 1. The van der Waals surface area contributed by atoms with Gasteiger partial charge in [0.2, 0.25) is 0 Å². The molecule has 0 bridgehead atoms. The average Bonchev–Trinajstić information content (AvgIpc) is 2.28. The van der Waals surface area contributed by atoms with Crippen LogP contribution < -0.4 is 10.5 Å². The van der Waals surface area contributed by atoms with Crippen LogP contribution in [0.15, 0.2) is 30.3 Å². The number of nitrogen functional groups attached to an aromatic ring is 1. The van der Waals surface area contributed by atoms with E-state index in [-0.39, 0.29) is 0 Å². The maximum atomic E-state index is 5.70. The molecule has 4 heteroatoms. The zero-order valence-corrected chi connectivity index (χ0v) is 9.97. The molecule has 0 saturated carbocycles. The highest BCUT2D eigenvalue weighted by molar-refractivity contribution is 5.37. The van der Waals surface area contributed by atoms with Crippen LogP contribution in [-0.2, 0) is 6.42 Å². The van der Waals surface area contributed by atoms with Crippen molar-refractivity contribution < 1.29 is 4.74 Å². The fourth-order valence-electron chi connectivity index (χ4n) is 1.75. The zero-order valence-electron chi connectivity index (χ0n) is 9.97. The fraction of sp³-hybridized carbons (Fsp3) is 0.231. The van der Waals surface area contributed by atoms with Gasteiger partial charge in [-0.1, -0.05) is 18.2 Å². The van der Waals surface area contributed by atoms with E-state index in [4.69, 9.17) is 10.5 Å². The van der Waals surface area contributed by atoms with E-state index in [0.29, 0.717) is 18.1 Å². The quantitative estimate of drug-likeness (QED) is 0.874. The summed E-state index contributed by atoms with van der Waals surface area (Å²) in [5.41, 5.74) is 7.63. The second-order valence-electron chi connectivity index (χ2n) is 3.84. The Morgan fingerprint density at radius 3 is 2.71 bits per heavy atom. The molecule has 1 aromatic heterocycles. The summed E-state index contributed by atoms with van der Waals surface area (Å²) in [6.07, 6.45) is 0.621. The van der Waals surface area contributed by atoms with Crippen LogP contribution >= 0.6 is 0 Å². The first-order valence-corrected chi connectivity index (χ1v) is 5.41. The third-order valence-corrected chi connectivity index (χ3v) is 2.46.